The number of nitrogens with two attached hydrogens (primary N) is 1. The maximum atomic E-state index is 12.3. The van der Waals surface area contributed by atoms with Crippen molar-refractivity contribution in [1.82, 2.24) is 4.98 Å². The number of aromatic nitrogens is 1. The summed E-state index contributed by atoms with van der Waals surface area (Å²) in [5, 5.41) is 2.79. The highest BCUT2D eigenvalue weighted by Gasteiger charge is 2.28. The molecule has 19 heavy (non-hydrogen) atoms. The molecule has 2 N–H and O–H groups in total. The van der Waals surface area contributed by atoms with Crippen LogP contribution in [0.2, 0.25) is 0 Å². The number of amides is 1. The second-order valence-corrected chi connectivity index (χ2v) is 5.80. The van der Waals surface area contributed by atoms with Gasteiger partial charge in [0, 0.05) is 24.4 Å². The molecule has 1 aliphatic carbocycles. The van der Waals surface area contributed by atoms with Gasteiger partial charge in [-0.25, -0.2) is 4.98 Å². The predicted octanol–water partition coefficient (Wildman–Crippen LogP) is 2.74. The van der Waals surface area contributed by atoms with Crippen molar-refractivity contribution in [2.75, 3.05) is 11.4 Å². The number of carbonyl (C=O) groups is 1. The Labute approximate surface area is 124 Å². The van der Waals surface area contributed by atoms with Gasteiger partial charge >= 0.3 is 0 Å². The third kappa shape index (κ3) is 3.91. The van der Waals surface area contributed by atoms with Crippen LogP contribution in [0.1, 0.15) is 38.3 Å². The molecular weight excluding hydrogens is 282 g/mol. The summed E-state index contributed by atoms with van der Waals surface area (Å²) < 4.78 is 0. The Morgan fingerprint density at radius 1 is 1.58 bits per heavy atom. The summed E-state index contributed by atoms with van der Waals surface area (Å²) in [5.74, 6) is 0.516. The van der Waals surface area contributed by atoms with E-state index in [-0.39, 0.29) is 24.4 Å². The standard InChI is InChI=1S/C13H21N3OS.ClH/c1-3-16(13-15-9(2)8-18-13)12(17)7-10-5-4-6-11(10)14;/h8,10-11H,3-7,14H2,1-2H3;1H/t10-,11+;/m0./s1. The van der Waals surface area contributed by atoms with E-state index in [9.17, 15) is 4.79 Å². The normalized spacial score (nSPS) is 22.1. The lowest BCUT2D eigenvalue weighted by Gasteiger charge is -2.21. The van der Waals surface area contributed by atoms with E-state index in [1.165, 1.54) is 11.3 Å². The summed E-state index contributed by atoms with van der Waals surface area (Å²) in [6.45, 7) is 4.61. The van der Waals surface area contributed by atoms with Gasteiger partial charge in [0.05, 0.1) is 5.69 Å². The summed E-state index contributed by atoms with van der Waals surface area (Å²) in [7, 11) is 0. The van der Waals surface area contributed by atoms with Gasteiger partial charge in [-0.05, 0) is 32.6 Å². The number of halogens is 1. The summed E-state index contributed by atoms with van der Waals surface area (Å²) >= 11 is 1.53. The van der Waals surface area contributed by atoms with E-state index in [0.717, 1.165) is 30.1 Å². The molecule has 1 amide bonds. The Morgan fingerprint density at radius 2 is 2.32 bits per heavy atom. The van der Waals surface area contributed by atoms with E-state index in [0.29, 0.717) is 18.9 Å². The quantitative estimate of drug-likeness (QED) is 0.930. The zero-order chi connectivity index (χ0) is 13.1. The molecule has 0 bridgehead atoms. The Kier molecular flexibility index (Phi) is 6.23. The van der Waals surface area contributed by atoms with Crippen LogP contribution in [0.3, 0.4) is 0 Å². The van der Waals surface area contributed by atoms with E-state index in [2.05, 4.69) is 4.98 Å². The minimum atomic E-state index is 0. The lowest BCUT2D eigenvalue weighted by Crippen LogP contribution is -2.35. The molecule has 0 radical (unpaired) electrons. The van der Waals surface area contributed by atoms with Crippen molar-refractivity contribution in [3.63, 3.8) is 0 Å². The molecule has 1 aromatic heterocycles. The van der Waals surface area contributed by atoms with Crippen LogP contribution in [0, 0.1) is 12.8 Å². The van der Waals surface area contributed by atoms with Gasteiger partial charge in [0.1, 0.15) is 0 Å². The molecule has 108 valence electrons. The first-order valence-electron chi connectivity index (χ1n) is 6.60. The van der Waals surface area contributed by atoms with Gasteiger partial charge in [0.2, 0.25) is 5.91 Å². The number of rotatable bonds is 4. The van der Waals surface area contributed by atoms with Crippen molar-refractivity contribution in [1.29, 1.82) is 0 Å². The average Bonchev–Trinajstić information content (AvgIpc) is 2.91. The van der Waals surface area contributed by atoms with Crippen molar-refractivity contribution < 1.29 is 4.79 Å². The SMILES string of the molecule is CCN(C(=O)C[C@@H]1CCC[C@H]1N)c1nc(C)cs1.Cl. The Bertz CT molecular complexity index is 424. The van der Waals surface area contributed by atoms with Gasteiger partial charge in [-0.3, -0.25) is 9.69 Å². The molecule has 0 spiro atoms. The Balaban J connectivity index is 0.00000180. The Hall–Kier alpha value is -0.650. The number of hydrogen-bond donors (Lipinski definition) is 1. The minimum Gasteiger partial charge on any atom is -0.327 e. The third-order valence-corrected chi connectivity index (χ3v) is 4.59. The fourth-order valence-electron chi connectivity index (χ4n) is 2.54. The zero-order valence-electron chi connectivity index (χ0n) is 11.5. The van der Waals surface area contributed by atoms with Crippen molar-refractivity contribution >= 4 is 34.8 Å². The van der Waals surface area contributed by atoms with Gasteiger partial charge < -0.3 is 5.73 Å². The number of hydrogen-bond acceptors (Lipinski definition) is 4. The van der Waals surface area contributed by atoms with Crippen molar-refractivity contribution in [2.24, 2.45) is 11.7 Å². The highest BCUT2D eigenvalue weighted by atomic mass is 35.5. The van der Waals surface area contributed by atoms with E-state index >= 15 is 0 Å². The lowest BCUT2D eigenvalue weighted by molar-refractivity contribution is -0.119. The molecule has 2 rings (SSSR count). The van der Waals surface area contributed by atoms with Crippen LogP contribution in [0.25, 0.3) is 0 Å². The molecule has 0 saturated heterocycles. The van der Waals surface area contributed by atoms with Crippen LogP contribution >= 0.6 is 23.7 Å². The van der Waals surface area contributed by atoms with Gasteiger partial charge in [0.15, 0.2) is 5.13 Å². The van der Waals surface area contributed by atoms with Crippen LogP contribution in [-0.2, 0) is 4.79 Å². The number of nitrogens with zero attached hydrogens (tertiary/aromatic N) is 2. The largest absolute Gasteiger partial charge is 0.327 e. The zero-order valence-corrected chi connectivity index (χ0v) is 13.1. The Morgan fingerprint density at radius 3 is 2.79 bits per heavy atom. The van der Waals surface area contributed by atoms with Crippen molar-refractivity contribution in [3.05, 3.63) is 11.1 Å². The smallest absolute Gasteiger partial charge is 0.229 e. The van der Waals surface area contributed by atoms with Gasteiger partial charge in [-0.2, -0.15) is 0 Å². The second kappa shape index (κ2) is 7.22. The van der Waals surface area contributed by atoms with Crippen LogP contribution in [0.4, 0.5) is 5.13 Å². The van der Waals surface area contributed by atoms with Gasteiger partial charge in [0.25, 0.3) is 0 Å². The number of aryl methyl sites for hydroxylation is 1. The van der Waals surface area contributed by atoms with Gasteiger partial charge in [-0.15, -0.1) is 23.7 Å². The summed E-state index contributed by atoms with van der Waals surface area (Å²) in [5.41, 5.74) is 7.00. The molecular formula is C13H22ClN3OS. The maximum absolute atomic E-state index is 12.3. The van der Waals surface area contributed by atoms with E-state index in [1.807, 2.05) is 19.2 Å². The molecule has 1 aliphatic rings. The summed E-state index contributed by atoms with van der Waals surface area (Å²) in [6.07, 6.45) is 3.86. The molecule has 0 unspecified atom stereocenters. The minimum absolute atomic E-state index is 0. The first-order valence-corrected chi connectivity index (χ1v) is 7.48. The first kappa shape index (κ1) is 16.4. The van der Waals surface area contributed by atoms with Crippen LogP contribution in [-0.4, -0.2) is 23.5 Å². The second-order valence-electron chi connectivity index (χ2n) is 4.97. The van der Waals surface area contributed by atoms with Crippen molar-refractivity contribution in [3.8, 4) is 0 Å². The lowest BCUT2D eigenvalue weighted by atomic mass is 9.99. The predicted molar refractivity (Wildman–Crippen MR) is 82.1 cm³/mol. The molecule has 6 heteroatoms. The molecule has 1 fully saturated rings. The van der Waals surface area contributed by atoms with Gasteiger partial charge in [-0.1, -0.05) is 6.42 Å². The molecule has 1 heterocycles. The van der Waals surface area contributed by atoms with Crippen LogP contribution < -0.4 is 10.6 Å². The fraction of sp³-hybridized carbons (Fsp3) is 0.692. The van der Waals surface area contributed by atoms with Crippen LogP contribution in [0.5, 0.6) is 0 Å². The van der Waals surface area contributed by atoms with Crippen molar-refractivity contribution in [2.45, 2.75) is 45.6 Å². The molecule has 2 atom stereocenters. The molecule has 1 aromatic rings. The fourth-order valence-corrected chi connectivity index (χ4v) is 3.42. The topological polar surface area (TPSA) is 59.2 Å². The van der Waals surface area contributed by atoms with E-state index in [4.69, 9.17) is 5.73 Å². The van der Waals surface area contributed by atoms with E-state index in [1.54, 1.807) is 4.90 Å². The third-order valence-electron chi connectivity index (χ3n) is 3.61. The van der Waals surface area contributed by atoms with Crippen LogP contribution in [0.15, 0.2) is 5.38 Å². The number of thiazole rings is 1. The number of carbonyl (C=O) groups excluding carboxylic acids is 1. The molecule has 0 aromatic carbocycles. The molecule has 0 aliphatic heterocycles. The summed E-state index contributed by atoms with van der Waals surface area (Å²) in [4.78, 5) is 18.5. The summed E-state index contributed by atoms with van der Waals surface area (Å²) in [6, 6.07) is 0.200. The monoisotopic (exact) mass is 303 g/mol. The highest BCUT2D eigenvalue weighted by Crippen LogP contribution is 2.29. The first-order chi connectivity index (χ1) is 8.61. The number of anilines is 1. The molecule has 4 nitrogen and oxygen atoms in total. The maximum Gasteiger partial charge on any atom is 0.229 e. The average molecular weight is 304 g/mol. The highest BCUT2D eigenvalue weighted by molar-refractivity contribution is 7.14. The van der Waals surface area contributed by atoms with E-state index < -0.39 is 0 Å². The molecule has 1 saturated carbocycles.